The summed E-state index contributed by atoms with van der Waals surface area (Å²) in [5.41, 5.74) is 0. The van der Waals surface area contributed by atoms with Crippen LogP contribution in [0.3, 0.4) is 0 Å². The molecule has 0 aliphatic rings. The Labute approximate surface area is 104 Å². The Kier molecular flexibility index (Phi) is 6.37. The minimum atomic E-state index is 0.401. The van der Waals surface area contributed by atoms with Gasteiger partial charge in [0.15, 0.2) is 0 Å². The molecule has 4 heteroatoms. The van der Waals surface area contributed by atoms with Gasteiger partial charge in [-0.05, 0) is 20.3 Å². The van der Waals surface area contributed by atoms with Crippen molar-refractivity contribution in [3.63, 3.8) is 0 Å². The smallest absolute Gasteiger partial charge is 0.226 e. The number of hydrogen-bond acceptors (Lipinski definition) is 4. The Hall–Kier alpha value is -1.32. The standard InChI is InChI=1S/C13H23N3O/c1-4-6-7-8-11(3)15-13-14-10-9-12(16-13)17-5-2/h9-11H,4-8H2,1-3H3,(H,14,15,16). The van der Waals surface area contributed by atoms with E-state index in [1.807, 2.05) is 6.92 Å². The number of nitrogens with one attached hydrogen (secondary N) is 1. The fourth-order valence-corrected chi connectivity index (χ4v) is 1.63. The largest absolute Gasteiger partial charge is 0.478 e. The second kappa shape index (κ2) is 7.87. The molecule has 0 saturated heterocycles. The van der Waals surface area contributed by atoms with Crippen LogP contribution in [0.1, 0.15) is 46.5 Å². The molecular formula is C13H23N3O. The van der Waals surface area contributed by atoms with Crippen molar-refractivity contribution in [2.24, 2.45) is 0 Å². The van der Waals surface area contributed by atoms with Crippen molar-refractivity contribution >= 4 is 5.95 Å². The lowest BCUT2D eigenvalue weighted by Gasteiger charge is -2.13. The lowest BCUT2D eigenvalue weighted by molar-refractivity contribution is 0.326. The third-order valence-electron chi connectivity index (χ3n) is 2.54. The summed E-state index contributed by atoms with van der Waals surface area (Å²) >= 11 is 0. The van der Waals surface area contributed by atoms with Crippen LogP contribution in [0.25, 0.3) is 0 Å². The molecule has 1 atom stereocenters. The third-order valence-corrected chi connectivity index (χ3v) is 2.54. The molecule has 0 fully saturated rings. The Morgan fingerprint density at radius 3 is 2.88 bits per heavy atom. The van der Waals surface area contributed by atoms with Gasteiger partial charge in [-0.2, -0.15) is 4.98 Å². The predicted octanol–water partition coefficient (Wildman–Crippen LogP) is 3.26. The number of ether oxygens (including phenoxy) is 1. The monoisotopic (exact) mass is 237 g/mol. The number of rotatable bonds is 8. The lowest BCUT2D eigenvalue weighted by atomic mass is 10.1. The molecule has 0 radical (unpaired) electrons. The van der Waals surface area contributed by atoms with Gasteiger partial charge < -0.3 is 10.1 Å². The van der Waals surface area contributed by atoms with E-state index in [4.69, 9.17) is 4.74 Å². The van der Waals surface area contributed by atoms with Crippen LogP contribution in [-0.2, 0) is 0 Å². The molecule has 0 aliphatic heterocycles. The summed E-state index contributed by atoms with van der Waals surface area (Å²) in [6, 6.07) is 2.18. The van der Waals surface area contributed by atoms with Gasteiger partial charge >= 0.3 is 0 Å². The zero-order chi connectivity index (χ0) is 12.5. The van der Waals surface area contributed by atoms with Crippen molar-refractivity contribution in [3.8, 4) is 5.88 Å². The van der Waals surface area contributed by atoms with Crippen LogP contribution in [0, 0.1) is 0 Å². The minimum absolute atomic E-state index is 0.401. The molecule has 17 heavy (non-hydrogen) atoms. The van der Waals surface area contributed by atoms with Crippen molar-refractivity contribution in [2.45, 2.75) is 52.5 Å². The number of hydrogen-bond donors (Lipinski definition) is 1. The number of nitrogens with zero attached hydrogens (tertiary/aromatic N) is 2. The van der Waals surface area contributed by atoms with Crippen LogP contribution in [0.5, 0.6) is 5.88 Å². The van der Waals surface area contributed by atoms with Crippen molar-refractivity contribution in [2.75, 3.05) is 11.9 Å². The summed E-state index contributed by atoms with van der Waals surface area (Å²) < 4.78 is 5.34. The van der Waals surface area contributed by atoms with E-state index in [0.29, 0.717) is 24.5 Å². The first kappa shape index (κ1) is 13.7. The van der Waals surface area contributed by atoms with E-state index in [9.17, 15) is 0 Å². The SMILES string of the molecule is CCCCCC(C)Nc1nccc(OCC)n1. The van der Waals surface area contributed by atoms with E-state index in [2.05, 4.69) is 29.1 Å². The van der Waals surface area contributed by atoms with E-state index in [0.717, 1.165) is 6.42 Å². The average molecular weight is 237 g/mol. The molecule has 0 amide bonds. The first-order valence-electron chi connectivity index (χ1n) is 6.48. The van der Waals surface area contributed by atoms with Crippen LogP contribution in [-0.4, -0.2) is 22.6 Å². The quantitative estimate of drug-likeness (QED) is 0.705. The molecule has 1 aromatic heterocycles. The summed E-state index contributed by atoms with van der Waals surface area (Å²) in [6.07, 6.45) is 6.65. The molecule has 0 saturated carbocycles. The Morgan fingerprint density at radius 2 is 2.18 bits per heavy atom. The Morgan fingerprint density at radius 1 is 1.35 bits per heavy atom. The minimum Gasteiger partial charge on any atom is -0.478 e. The Balaban J connectivity index is 2.41. The van der Waals surface area contributed by atoms with Crippen LogP contribution < -0.4 is 10.1 Å². The highest BCUT2D eigenvalue weighted by Crippen LogP contribution is 2.11. The van der Waals surface area contributed by atoms with E-state index < -0.39 is 0 Å². The molecule has 96 valence electrons. The fourth-order valence-electron chi connectivity index (χ4n) is 1.63. The van der Waals surface area contributed by atoms with E-state index in [1.165, 1.54) is 19.3 Å². The maximum absolute atomic E-state index is 5.34. The van der Waals surface area contributed by atoms with Crippen molar-refractivity contribution in [1.82, 2.24) is 9.97 Å². The van der Waals surface area contributed by atoms with Gasteiger partial charge in [0.05, 0.1) is 6.61 Å². The highest BCUT2D eigenvalue weighted by Gasteiger charge is 2.04. The first-order valence-corrected chi connectivity index (χ1v) is 6.48. The van der Waals surface area contributed by atoms with Crippen molar-refractivity contribution in [1.29, 1.82) is 0 Å². The van der Waals surface area contributed by atoms with Crippen molar-refractivity contribution in [3.05, 3.63) is 12.3 Å². The maximum atomic E-state index is 5.34. The summed E-state index contributed by atoms with van der Waals surface area (Å²) in [7, 11) is 0. The summed E-state index contributed by atoms with van der Waals surface area (Å²) in [5, 5.41) is 3.30. The molecule has 0 aliphatic carbocycles. The van der Waals surface area contributed by atoms with Gasteiger partial charge in [-0.25, -0.2) is 4.98 Å². The van der Waals surface area contributed by atoms with Crippen LogP contribution in [0.15, 0.2) is 12.3 Å². The molecule has 4 nitrogen and oxygen atoms in total. The first-order chi connectivity index (χ1) is 8.26. The number of unbranched alkanes of at least 4 members (excludes halogenated alkanes) is 2. The highest BCUT2D eigenvalue weighted by molar-refractivity contribution is 5.28. The fraction of sp³-hybridized carbons (Fsp3) is 0.692. The van der Waals surface area contributed by atoms with Gasteiger partial charge in [0, 0.05) is 18.3 Å². The van der Waals surface area contributed by atoms with E-state index in [1.54, 1.807) is 12.3 Å². The summed E-state index contributed by atoms with van der Waals surface area (Å²) in [4.78, 5) is 8.47. The average Bonchev–Trinajstić information content (AvgIpc) is 2.30. The molecule has 1 rings (SSSR count). The van der Waals surface area contributed by atoms with Gasteiger partial charge in [-0.15, -0.1) is 0 Å². The molecule has 1 aromatic rings. The highest BCUT2D eigenvalue weighted by atomic mass is 16.5. The molecular weight excluding hydrogens is 214 g/mol. The zero-order valence-electron chi connectivity index (χ0n) is 11.1. The van der Waals surface area contributed by atoms with Crippen LogP contribution in [0.4, 0.5) is 5.95 Å². The molecule has 1 N–H and O–H groups in total. The van der Waals surface area contributed by atoms with Gasteiger partial charge in [0.25, 0.3) is 0 Å². The normalized spacial score (nSPS) is 12.2. The second-order valence-corrected chi connectivity index (χ2v) is 4.19. The second-order valence-electron chi connectivity index (χ2n) is 4.19. The predicted molar refractivity (Wildman–Crippen MR) is 70.4 cm³/mol. The molecule has 1 unspecified atom stereocenters. The number of anilines is 1. The van der Waals surface area contributed by atoms with Gasteiger partial charge in [0.1, 0.15) is 0 Å². The van der Waals surface area contributed by atoms with Gasteiger partial charge in [0.2, 0.25) is 11.8 Å². The zero-order valence-corrected chi connectivity index (χ0v) is 11.1. The lowest BCUT2D eigenvalue weighted by Crippen LogP contribution is -2.17. The van der Waals surface area contributed by atoms with Gasteiger partial charge in [-0.1, -0.05) is 26.2 Å². The summed E-state index contributed by atoms with van der Waals surface area (Å²) in [6.45, 7) is 6.95. The Bertz CT molecular complexity index is 317. The molecule has 0 aromatic carbocycles. The molecule has 1 heterocycles. The molecule has 0 spiro atoms. The van der Waals surface area contributed by atoms with Gasteiger partial charge in [-0.3, -0.25) is 0 Å². The van der Waals surface area contributed by atoms with Crippen molar-refractivity contribution < 1.29 is 4.74 Å². The van der Waals surface area contributed by atoms with Crippen LogP contribution in [0.2, 0.25) is 0 Å². The topological polar surface area (TPSA) is 47.0 Å². The van der Waals surface area contributed by atoms with E-state index >= 15 is 0 Å². The summed E-state index contributed by atoms with van der Waals surface area (Å²) in [5.74, 6) is 1.28. The maximum Gasteiger partial charge on any atom is 0.226 e. The van der Waals surface area contributed by atoms with E-state index in [-0.39, 0.29) is 0 Å². The van der Waals surface area contributed by atoms with Crippen LogP contribution >= 0.6 is 0 Å². The number of aromatic nitrogens is 2. The molecule has 0 bridgehead atoms. The third kappa shape index (κ3) is 5.52.